The molecule has 2 amide bonds. The lowest BCUT2D eigenvalue weighted by Gasteiger charge is -2.38. The summed E-state index contributed by atoms with van der Waals surface area (Å²) in [6.45, 7) is 4.24. The van der Waals surface area contributed by atoms with Crippen LogP contribution in [0.5, 0.6) is 0 Å². The molecule has 1 aromatic carbocycles. The van der Waals surface area contributed by atoms with Gasteiger partial charge in [-0.2, -0.15) is 0 Å². The van der Waals surface area contributed by atoms with Gasteiger partial charge < -0.3 is 10.2 Å². The van der Waals surface area contributed by atoms with Crippen LogP contribution in [0, 0.1) is 0 Å². The highest BCUT2D eigenvalue weighted by molar-refractivity contribution is 9.10. The van der Waals surface area contributed by atoms with Gasteiger partial charge in [0, 0.05) is 22.2 Å². The number of carbonyl (C=O) groups is 1. The van der Waals surface area contributed by atoms with E-state index in [2.05, 4.69) is 35.1 Å². The Morgan fingerprint density at radius 2 is 2.00 bits per heavy atom. The third-order valence-corrected chi connectivity index (χ3v) is 4.00. The maximum atomic E-state index is 12.3. The number of hydrogen-bond donors (Lipinski definition) is 1. The molecule has 98 valence electrons. The molecule has 0 aromatic heterocycles. The van der Waals surface area contributed by atoms with E-state index in [4.69, 9.17) is 0 Å². The summed E-state index contributed by atoms with van der Waals surface area (Å²) in [4.78, 5) is 14.3. The fourth-order valence-electron chi connectivity index (χ4n) is 2.58. The van der Waals surface area contributed by atoms with Gasteiger partial charge in [-0.25, -0.2) is 4.79 Å². The van der Waals surface area contributed by atoms with E-state index in [1.807, 2.05) is 29.2 Å². The Labute approximate surface area is 117 Å². The lowest BCUT2D eigenvalue weighted by Crippen LogP contribution is -2.49. The molecular weight excluding hydrogens is 292 g/mol. The molecule has 1 aliphatic heterocycles. The molecule has 1 fully saturated rings. The van der Waals surface area contributed by atoms with Crippen LogP contribution >= 0.6 is 15.9 Å². The first-order valence-electron chi connectivity index (χ1n) is 6.43. The van der Waals surface area contributed by atoms with Crippen molar-refractivity contribution in [3.05, 3.63) is 28.7 Å². The molecule has 4 heteroatoms. The Hall–Kier alpha value is -1.03. The SMILES string of the molecule is CC1CCCC(C)N1C(=O)Nc1cccc(Br)c1. The number of urea groups is 1. The number of halogens is 1. The summed E-state index contributed by atoms with van der Waals surface area (Å²) in [6.07, 6.45) is 3.40. The van der Waals surface area contributed by atoms with Crippen LogP contribution in [0.25, 0.3) is 0 Å². The maximum absolute atomic E-state index is 12.3. The Bertz CT molecular complexity index is 426. The highest BCUT2D eigenvalue weighted by atomic mass is 79.9. The third kappa shape index (κ3) is 3.05. The Balaban J connectivity index is 2.07. The summed E-state index contributed by atoms with van der Waals surface area (Å²) in [5.74, 6) is 0. The van der Waals surface area contributed by atoms with Gasteiger partial charge in [-0.3, -0.25) is 0 Å². The summed E-state index contributed by atoms with van der Waals surface area (Å²) >= 11 is 3.41. The molecule has 0 spiro atoms. The molecular formula is C14H19BrN2O. The second-order valence-electron chi connectivity index (χ2n) is 4.98. The number of amides is 2. The van der Waals surface area contributed by atoms with Crippen LogP contribution in [0.2, 0.25) is 0 Å². The standard InChI is InChI=1S/C14H19BrN2O/c1-10-5-3-6-11(2)17(10)14(18)16-13-8-4-7-12(15)9-13/h4,7-11H,3,5-6H2,1-2H3,(H,16,18). The zero-order valence-corrected chi connectivity index (χ0v) is 12.4. The fourth-order valence-corrected chi connectivity index (χ4v) is 2.98. The van der Waals surface area contributed by atoms with Gasteiger partial charge in [0.25, 0.3) is 0 Å². The zero-order valence-electron chi connectivity index (χ0n) is 10.8. The van der Waals surface area contributed by atoms with Gasteiger partial charge in [0.1, 0.15) is 0 Å². The number of hydrogen-bond acceptors (Lipinski definition) is 1. The van der Waals surface area contributed by atoms with Crippen molar-refractivity contribution < 1.29 is 4.79 Å². The Morgan fingerprint density at radius 1 is 1.33 bits per heavy atom. The van der Waals surface area contributed by atoms with E-state index in [0.29, 0.717) is 12.1 Å². The summed E-state index contributed by atoms with van der Waals surface area (Å²) in [5, 5.41) is 2.97. The van der Waals surface area contributed by atoms with Gasteiger partial charge in [-0.15, -0.1) is 0 Å². The second kappa shape index (κ2) is 5.74. The minimum absolute atomic E-state index is 0.00722. The summed E-state index contributed by atoms with van der Waals surface area (Å²) < 4.78 is 0.972. The van der Waals surface area contributed by atoms with Crippen LogP contribution in [0.4, 0.5) is 10.5 Å². The fraction of sp³-hybridized carbons (Fsp3) is 0.500. The van der Waals surface area contributed by atoms with Crippen molar-refractivity contribution in [2.75, 3.05) is 5.32 Å². The largest absolute Gasteiger partial charge is 0.322 e. The number of likely N-dealkylation sites (tertiary alicyclic amines) is 1. The van der Waals surface area contributed by atoms with Crippen LogP contribution in [0.1, 0.15) is 33.1 Å². The molecule has 1 N–H and O–H groups in total. The van der Waals surface area contributed by atoms with Gasteiger partial charge in [0.15, 0.2) is 0 Å². The number of nitrogens with zero attached hydrogens (tertiary/aromatic N) is 1. The minimum Gasteiger partial charge on any atom is -0.319 e. The second-order valence-corrected chi connectivity index (χ2v) is 5.89. The maximum Gasteiger partial charge on any atom is 0.322 e. The van der Waals surface area contributed by atoms with Gasteiger partial charge >= 0.3 is 6.03 Å². The first-order chi connectivity index (χ1) is 8.58. The Kier molecular flexibility index (Phi) is 4.27. The van der Waals surface area contributed by atoms with Gasteiger partial charge in [0.2, 0.25) is 0 Å². The first-order valence-corrected chi connectivity index (χ1v) is 7.22. The summed E-state index contributed by atoms with van der Waals surface area (Å²) in [6, 6.07) is 8.33. The van der Waals surface area contributed by atoms with Gasteiger partial charge in [-0.1, -0.05) is 22.0 Å². The smallest absolute Gasteiger partial charge is 0.319 e. The number of rotatable bonds is 1. The van der Waals surface area contributed by atoms with Crippen molar-refractivity contribution in [3.63, 3.8) is 0 Å². The van der Waals surface area contributed by atoms with Gasteiger partial charge in [0.05, 0.1) is 0 Å². The monoisotopic (exact) mass is 310 g/mol. The summed E-state index contributed by atoms with van der Waals surface area (Å²) in [7, 11) is 0. The predicted molar refractivity (Wildman–Crippen MR) is 77.8 cm³/mol. The quantitative estimate of drug-likeness (QED) is 0.826. The molecule has 2 atom stereocenters. The highest BCUT2D eigenvalue weighted by Crippen LogP contribution is 2.24. The van der Waals surface area contributed by atoms with Crippen LogP contribution in [-0.4, -0.2) is 23.0 Å². The molecule has 2 unspecified atom stereocenters. The van der Waals surface area contributed by atoms with Crippen molar-refractivity contribution in [3.8, 4) is 0 Å². The lowest BCUT2D eigenvalue weighted by molar-refractivity contribution is 0.133. The lowest BCUT2D eigenvalue weighted by atomic mass is 9.98. The number of nitrogens with one attached hydrogen (secondary N) is 1. The van der Waals surface area contributed by atoms with Crippen molar-refractivity contribution in [1.29, 1.82) is 0 Å². The number of carbonyl (C=O) groups excluding carboxylic acids is 1. The van der Waals surface area contributed by atoms with Crippen molar-refractivity contribution in [1.82, 2.24) is 4.90 Å². The predicted octanol–water partition coefficient (Wildman–Crippen LogP) is 4.24. The highest BCUT2D eigenvalue weighted by Gasteiger charge is 2.28. The molecule has 0 bridgehead atoms. The van der Waals surface area contributed by atoms with E-state index in [1.54, 1.807) is 0 Å². The molecule has 18 heavy (non-hydrogen) atoms. The molecule has 1 aromatic rings. The average Bonchev–Trinajstić information content (AvgIpc) is 2.28. The molecule has 0 saturated carbocycles. The Morgan fingerprint density at radius 3 is 2.61 bits per heavy atom. The summed E-state index contributed by atoms with van der Waals surface area (Å²) in [5.41, 5.74) is 0.833. The normalized spacial score (nSPS) is 23.8. The zero-order chi connectivity index (χ0) is 13.1. The van der Waals surface area contributed by atoms with Crippen LogP contribution in [-0.2, 0) is 0 Å². The van der Waals surface area contributed by atoms with E-state index >= 15 is 0 Å². The average molecular weight is 311 g/mol. The van der Waals surface area contributed by atoms with E-state index in [0.717, 1.165) is 23.0 Å². The van der Waals surface area contributed by atoms with Crippen LogP contribution in [0.15, 0.2) is 28.7 Å². The number of benzene rings is 1. The molecule has 0 aliphatic carbocycles. The molecule has 1 aliphatic rings. The molecule has 1 saturated heterocycles. The third-order valence-electron chi connectivity index (χ3n) is 3.50. The van der Waals surface area contributed by atoms with E-state index in [-0.39, 0.29) is 6.03 Å². The van der Waals surface area contributed by atoms with Crippen LogP contribution < -0.4 is 5.32 Å². The molecule has 2 rings (SSSR count). The number of anilines is 1. The molecule has 0 radical (unpaired) electrons. The number of piperidine rings is 1. The van der Waals surface area contributed by atoms with Crippen molar-refractivity contribution in [2.45, 2.75) is 45.2 Å². The van der Waals surface area contributed by atoms with Crippen molar-refractivity contribution >= 4 is 27.6 Å². The topological polar surface area (TPSA) is 32.3 Å². The molecule has 1 heterocycles. The van der Waals surface area contributed by atoms with Crippen LogP contribution in [0.3, 0.4) is 0 Å². The first kappa shape index (κ1) is 13.4. The van der Waals surface area contributed by atoms with Crippen molar-refractivity contribution in [2.24, 2.45) is 0 Å². The van der Waals surface area contributed by atoms with E-state index in [9.17, 15) is 4.79 Å². The molecule has 3 nitrogen and oxygen atoms in total. The van der Waals surface area contributed by atoms with E-state index < -0.39 is 0 Å². The minimum atomic E-state index is 0.00722. The van der Waals surface area contributed by atoms with Gasteiger partial charge in [-0.05, 0) is 51.3 Å². The van der Waals surface area contributed by atoms with E-state index in [1.165, 1.54) is 6.42 Å².